The van der Waals surface area contributed by atoms with Crippen molar-refractivity contribution in [2.24, 2.45) is 0 Å². The lowest BCUT2D eigenvalue weighted by Crippen LogP contribution is -2.54. The smallest absolute Gasteiger partial charge is 0.251 e. The summed E-state index contributed by atoms with van der Waals surface area (Å²) < 4.78 is 0. The molecule has 1 heterocycles. The number of carbonyl (C=O) groups excluding carboxylic acids is 3. The maximum absolute atomic E-state index is 13.1. The Hall–Kier alpha value is -4.57. The molecule has 2 atom stereocenters. The molecular formula is C27H27N3O7. The number of ketones is 1. The van der Waals surface area contributed by atoms with Crippen LogP contribution >= 0.6 is 0 Å². The summed E-state index contributed by atoms with van der Waals surface area (Å²) in [5.74, 6) is -3.27. The Bertz CT molecular complexity index is 1300. The van der Waals surface area contributed by atoms with Gasteiger partial charge in [-0.2, -0.15) is 0 Å². The zero-order valence-corrected chi connectivity index (χ0v) is 19.8. The van der Waals surface area contributed by atoms with E-state index in [0.717, 1.165) is 18.6 Å². The van der Waals surface area contributed by atoms with E-state index in [-0.39, 0.29) is 28.5 Å². The second kappa shape index (κ2) is 11.0. The summed E-state index contributed by atoms with van der Waals surface area (Å²) in [6.45, 7) is 1.10. The maximum atomic E-state index is 13.1. The molecule has 1 fully saturated rings. The Morgan fingerprint density at radius 2 is 1.38 bits per heavy atom. The van der Waals surface area contributed by atoms with Gasteiger partial charge < -0.3 is 36.4 Å². The highest BCUT2D eigenvalue weighted by molar-refractivity contribution is 6.14. The molecule has 0 saturated carbocycles. The molecule has 3 aromatic carbocycles. The van der Waals surface area contributed by atoms with E-state index in [9.17, 15) is 34.8 Å². The van der Waals surface area contributed by atoms with Crippen LogP contribution in [0.5, 0.6) is 23.0 Å². The fourth-order valence-corrected chi connectivity index (χ4v) is 4.26. The molecular weight excluding hydrogens is 478 g/mol. The fraction of sp³-hybridized carbons (Fsp3) is 0.222. The number of aromatic hydroxyl groups is 4. The van der Waals surface area contributed by atoms with E-state index in [1.807, 2.05) is 0 Å². The van der Waals surface area contributed by atoms with Crippen LogP contribution in [0.3, 0.4) is 0 Å². The Morgan fingerprint density at radius 3 is 2.05 bits per heavy atom. The van der Waals surface area contributed by atoms with E-state index in [4.69, 9.17) is 0 Å². The molecule has 0 radical (unpaired) electrons. The topological polar surface area (TPSA) is 168 Å². The number of para-hydroxylation sites is 1. The van der Waals surface area contributed by atoms with Crippen molar-refractivity contribution in [3.05, 3.63) is 82.9 Å². The molecule has 0 spiro atoms. The lowest BCUT2D eigenvalue weighted by Gasteiger charge is -2.27. The zero-order valence-electron chi connectivity index (χ0n) is 19.8. The average molecular weight is 506 g/mol. The van der Waals surface area contributed by atoms with Gasteiger partial charge in [0.25, 0.3) is 11.8 Å². The summed E-state index contributed by atoms with van der Waals surface area (Å²) in [5, 5.41) is 49.3. The van der Waals surface area contributed by atoms with E-state index < -0.39 is 40.8 Å². The second-order valence-electron chi connectivity index (χ2n) is 8.79. The monoisotopic (exact) mass is 505 g/mol. The quantitative estimate of drug-likeness (QED) is 0.250. The number of amides is 2. The summed E-state index contributed by atoms with van der Waals surface area (Å²) in [4.78, 5) is 38.6. The molecule has 1 saturated heterocycles. The molecule has 10 nitrogen and oxygen atoms in total. The van der Waals surface area contributed by atoms with Gasteiger partial charge in [-0.25, -0.2) is 0 Å². The number of benzene rings is 3. The number of nitrogens with one attached hydrogen (secondary N) is 3. The van der Waals surface area contributed by atoms with Crippen LogP contribution < -0.4 is 16.0 Å². The summed E-state index contributed by atoms with van der Waals surface area (Å²) in [6.07, 6.45) is 1.29. The van der Waals surface area contributed by atoms with E-state index in [1.54, 1.807) is 0 Å². The average Bonchev–Trinajstić information content (AvgIpc) is 3.09. The molecule has 7 N–H and O–H groups in total. The lowest BCUT2D eigenvalue weighted by atomic mass is 9.98. The molecule has 0 aromatic heterocycles. The molecule has 0 bridgehead atoms. The largest absolute Gasteiger partial charge is 0.508 e. The number of phenolic OH excluding ortho intramolecular Hbond substituents is 4. The van der Waals surface area contributed by atoms with Crippen LogP contribution in [0.25, 0.3) is 0 Å². The molecule has 37 heavy (non-hydrogen) atoms. The Labute approximate surface area is 212 Å². The van der Waals surface area contributed by atoms with Crippen molar-refractivity contribution in [3.8, 4) is 23.0 Å². The molecule has 2 amide bonds. The van der Waals surface area contributed by atoms with Gasteiger partial charge in [0.1, 0.15) is 28.6 Å². The normalized spacial score (nSPS) is 17.4. The zero-order chi connectivity index (χ0) is 26.5. The predicted octanol–water partition coefficient (Wildman–Crippen LogP) is 2.02. The second-order valence-corrected chi connectivity index (χ2v) is 8.79. The standard InChI is InChI=1S/C27H27N3O7/c31-17-9-7-15(8-10-17)26(36)30-20-14-28-11-3-5-19(20)29-27(37)16-12-22(33)24(23(34)13-16)25(35)18-4-1-2-6-21(18)32/h1-2,4,6-10,12-13,19-20,28,31-34H,3,5,11,14H2,(H,29,37)(H,30,36). The lowest BCUT2D eigenvalue weighted by molar-refractivity contribution is 0.0882. The van der Waals surface area contributed by atoms with E-state index in [1.165, 1.54) is 48.5 Å². The van der Waals surface area contributed by atoms with Gasteiger partial charge in [0.05, 0.1) is 17.6 Å². The van der Waals surface area contributed by atoms with E-state index in [2.05, 4.69) is 16.0 Å². The van der Waals surface area contributed by atoms with Crippen LogP contribution in [-0.4, -0.2) is 63.2 Å². The minimum absolute atomic E-state index is 0.0395. The first-order valence-electron chi connectivity index (χ1n) is 11.7. The van der Waals surface area contributed by atoms with Crippen molar-refractivity contribution < 1.29 is 34.8 Å². The third kappa shape index (κ3) is 5.81. The van der Waals surface area contributed by atoms with Crippen LogP contribution in [0.4, 0.5) is 0 Å². The van der Waals surface area contributed by atoms with Crippen LogP contribution in [0.2, 0.25) is 0 Å². The molecule has 1 aliphatic rings. The molecule has 4 rings (SSSR count). The third-order valence-corrected chi connectivity index (χ3v) is 6.22. The van der Waals surface area contributed by atoms with Crippen molar-refractivity contribution in [3.63, 3.8) is 0 Å². The van der Waals surface area contributed by atoms with Crippen molar-refractivity contribution in [1.29, 1.82) is 0 Å². The van der Waals surface area contributed by atoms with Gasteiger partial charge in [0.2, 0.25) is 5.78 Å². The fourth-order valence-electron chi connectivity index (χ4n) is 4.26. The van der Waals surface area contributed by atoms with Crippen molar-refractivity contribution in [2.75, 3.05) is 13.1 Å². The van der Waals surface area contributed by atoms with Crippen LogP contribution in [0.15, 0.2) is 60.7 Å². The summed E-state index contributed by atoms with van der Waals surface area (Å²) in [7, 11) is 0. The van der Waals surface area contributed by atoms with E-state index in [0.29, 0.717) is 25.1 Å². The molecule has 2 unspecified atom stereocenters. The van der Waals surface area contributed by atoms with Crippen LogP contribution in [0, 0.1) is 0 Å². The highest BCUT2D eigenvalue weighted by atomic mass is 16.3. The Kier molecular flexibility index (Phi) is 7.59. The number of rotatable bonds is 6. The van der Waals surface area contributed by atoms with Gasteiger partial charge in [-0.15, -0.1) is 0 Å². The summed E-state index contributed by atoms with van der Waals surface area (Å²) >= 11 is 0. The van der Waals surface area contributed by atoms with Crippen molar-refractivity contribution in [2.45, 2.75) is 24.9 Å². The maximum Gasteiger partial charge on any atom is 0.251 e. The number of phenols is 4. The van der Waals surface area contributed by atoms with Gasteiger partial charge in [0.15, 0.2) is 0 Å². The van der Waals surface area contributed by atoms with Gasteiger partial charge in [0, 0.05) is 17.7 Å². The molecule has 0 aliphatic carbocycles. The van der Waals surface area contributed by atoms with Crippen molar-refractivity contribution in [1.82, 2.24) is 16.0 Å². The first kappa shape index (κ1) is 25.5. The predicted molar refractivity (Wildman–Crippen MR) is 134 cm³/mol. The molecule has 1 aliphatic heterocycles. The minimum atomic E-state index is -0.799. The summed E-state index contributed by atoms with van der Waals surface area (Å²) in [6, 6.07) is 12.7. The van der Waals surface area contributed by atoms with Gasteiger partial charge in [-0.1, -0.05) is 12.1 Å². The Balaban J connectivity index is 1.51. The molecule has 10 heteroatoms. The van der Waals surface area contributed by atoms with Gasteiger partial charge >= 0.3 is 0 Å². The van der Waals surface area contributed by atoms with Crippen LogP contribution in [0.1, 0.15) is 49.5 Å². The SMILES string of the molecule is O=C(NC1CCCNCC1NC(=O)c1ccc(O)cc1)c1cc(O)c(C(=O)c2ccccc2O)c(O)c1. The highest BCUT2D eigenvalue weighted by Gasteiger charge is 2.29. The Morgan fingerprint density at radius 1 is 0.757 bits per heavy atom. The third-order valence-electron chi connectivity index (χ3n) is 6.22. The molecule has 192 valence electrons. The van der Waals surface area contributed by atoms with Gasteiger partial charge in [-0.05, 0) is 67.9 Å². The first-order valence-corrected chi connectivity index (χ1v) is 11.7. The van der Waals surface area contributed by atoms with Gasteiger partial charge in [-0.3, -0.25) is 14.4 Å². The number of carbonyl (C=O) groups is 3. The van der Waals surface area contributed by atoms with E-state index >= 15 is 0 Å². The van der Waals surface area contributed by atoms with Crippen LogP contribution in [-0.2, 0) is 0 Å². The first-order chi connectivity index (χ1) is 17.7. The molecule has 3 aromatic rings. The minimum Gasteiger partial charge on any atom is -0.508 e. The number of hydrogen-bond donors (Lipinski definition) is 7. The highest BCUT2D eigenvalue weighted by Crippen LogP contribution is 2.33. The van der Waals surface area contributed by atoms with Crippen molar-refractivity contribution >= 4 is 17.6 Å². The number of hydrogen-bond acceptors (Lipinski definition) is 8. The summed E-state index contributed by atoms with van der Waals surface area (Å²) in [5.41, 5.74) is -0.268.